The second-order valence-corrected chi connectivity index (χ2v) is 4.42. The molecular weight excluding hydrogens is 214 g/mol. The standard InChI is InChI=1S/C13H17N3O/c1-10-7-12(14)16(13(17)8-10)15-9-11-5-3-2-4-6-11/h2-3,7-9,11H,4-6,14H2,1H3/b15-9-/t11-/m1/s1. The van der Waals surface area contributed by atoms with Crippen molar-refractivity contribution in [2.75, 3.05) is 5.73 Å². The van der Waals surface area contributed by atoms with E-state index in [1.54, 1.807) is 6.07 Å². The molecule has 0 amide bonds. The highest BCUT2D eigenvalue weighted by Gasteiger charge is 2.07. The predicted molar refractivity (Wildman–Crippen MR) is 70.2 cm³/mol. The van der Waals surface area contributed by atoms with Gasteiger partial charge < -0.3 is 5.73 Å². The first kappa shape index (κ1) is 11.6. The Balaban J connectivity index is 2.21. The van der Waals surface area contributed by atoms with Gasteiger partial charge in [-0.15, -0.1) is 0 Å². The maximum absolute atomic E-state index is 11.7. The van der Waals surface area contributed by atoms with Crippen LogP contribution < -0.4 is 11.3 Å². The predicted octanol–water partition coefficient (Wildman–Crippen LogP) is 1.93. The van der Waals surface area contributed by atoms with Crippen LogP contribution in [0.25, 0.3) is 0 Å². The topological polar surface area (TPSA) is 60.4 Å². The number of rotatable bonds is 2. The lowest BCUT2D eigenvalue weighted by Crippen LogP contribution is -2.20. The molecule has 0 aliphatic heterocycles. The third-order valence-electron chi connectivity index (χ3n) is 2.88. The lowest BCUT2D eigenvalue weighted by atomic mass is 9.96. The fourth-order valence-electron chi connectivity index (χ4n) is 1.96. The van der Waals surface area contributed by atoms with E-state index in [0.717, 1.165) is 24.8 Å². The maximum Gasteiger partial charge on any atom is 0.273 e. The molecule has 90 valence electrons. The minimum atomic E-state index is -0.176. The number of hydrogen-bond donors (Lipinski definition) is 1. The van der Waals surface area contributed by atoms with Crippen LogP contribution in [0.5, 0.6) is 0 Å². The highest BCUT2D eigenvalue weighted by atomic mass is 16.1. The Bertz CT molecular complexity index is 514. The van der Waals surface area contributed by atoms with E-state index in [0.29, 0.717) is 11.7 Å². The zero-order chi connectivity index (χ0) is 12.3. The lowest BCUT2D eigenvalue weighted by molar-refractivity contribution is 0.621. The van der Waals surface area contributed by atoms with Crippen LogP contribution in [-0.2, 0) is 0 Å². The Kier molecular flexibility index (Phi) is 3.42. The summed E-state index contributed by atoms with van der Waals surface area (Å²) in [7, 11) is 0. The summed E-state index contributed by atoms with van der Waals surface area (Å²) in [5.41, 5.74) is 6.46. The molecule has 0 fully saturated rings. The number of allylic oxidation sites excluding steroid dienone is 2. The molecule has 17 heavy (non-hydrogen) atoms. The third-order valence-corrected chi connectivity index (χ3v) is 2.88. The molecule has 0 aromatic carbocycles. The summed E-state index contributed by atoms with van der Waals surface area (Å²) in [6.07, 6.45) is 9.31. The minimum absolute atomic E-state index is 0.176. The number of nitrogen functional groups attached to an aromatic ring is 1. The van der Waals surface area contributed by atoms with Crippen LogP contribution in [0.2, 0.25) is 0 Å². The molecule has 1 heterocycles. The fourth-order valence-corrected chi connectivity index (χ4v) is 1.96. The Hall–Kier alpha value is -1.84. The molecule has 0 bridgehead atoms. The van der Waals surface area contributed by atoms with Crippen LogP contribution in [0.15, 0.2) is 34.2 Å². The van der Waals surface area contributed by atoms with E-state index < -0.39 is 0 Å². The molecule has 2 rings (SSSR count). The summed E-state index contributed by atoms with van der Waals surface area (Å²) in [6, 6.07) is 3.29. The Morgan fingerprint density at radius 1 is 1.47 bits per heavy atom. The van der Waals surface area contributed by atoms with Crippen LogP contribution in [0.3, 0.4) is 0 Å². The molecule has 0 unspecified atom stereocenters. The number of hydrogen-bond acceptors (Lipinski definition) is 3. The van der Waals surface area contributed by atoms with Crippen molar-refractivity contribution in [1.29, 1.82) is 0 Å². The van der Waals surface area contributed by atoms with E-state index in [2.05, 4.69) is 17.3 Å². The maximum atomic E-state index is 11.7. The summed E-state index contributed by atoms with van der Waals surface area (Å²) < 4.78 is 1.26. The van der Waals surface area contributed by atoms with Crippen LogP contribution >= 0.6 is 0 Å². The Morgan fingerprint density at radius 2 is 2.29 bits per heavy atom. The van der Waals surface area contributed by atoms with Crippen molar-refractivity contribution in [1.82, 2.24) is 4.68 Å². The van der Waals surface area contributed by atoms with Crippen LogP contribution in [-0.4, -0.2) is 10.9 Å². The Morgan fingerprint density at radius 3 is 2.94 bits per heavy atom. The van der Waals surface area contributed by atoms with Crippen molar-refractivity contribution in [2.24, 2.45) is 11.0 Å². The highest BCUT2D eigenvalue weighted by molar-refractivity contribution is 5.61. The normalized spacial score (nSPS) is 19.9. The van der Waals surface area contributed by atoms with Gasteiger partial charge in [0, 0.05) is 12.3 Å². The van der Waals surface area contributed by atoms with E-state index in [4.69, 9.17) is 5.73 Å². The second kappa shape index (κ2) is 4.99. The second-order valence-electron chi connectivity index (χ2n) is 4.42. The number of aryl methyl sites for hydroxylation is 1. The number of pyridine rings is 1. The van der Waals surface area contributed by atoms with Gasteiger partial charge in [0.25, 0.3) is 5.56 Å². The first-order valence-corrected chi connectivity index (χ1v) is 5.85. The average Bonchev–Trinajstić information content (AvgIpc) is 2.29. The highest BCUT2D eigenvalue weighted by Crippen LogP contribution is 2.16. The summed E-state index contributed by atoms with van der Waals surface area (Å²) in [5.74, 6) is 0.796. The molecule has 1 aliphatic carbocycles. The molecule has 0 saturated carbocycles. The largest absolute Gasteiger partial charge is 0.384 e. The van der Waals surface area contributed by atoms with Crippen LogP contribution in [0.4, 0.5) is 5.82 Å². The van der Waals surface area contributed by atoms with Gasteiger partial charge in [0.2, 0.25) is 0 Å². The van der Waals surface area contributed by atoms with Gasteiger partial charge in [-0.2, -0.15) is 9.78 Å². The van der Waals surface area contributed by atoms with Crippen molar-refractivity contribution in [3.05, 3.63) is 40.2 Å². The van der Waals surface area contributed by atoms with E-state index in [9.17, 15) is 4.79 Å². The number of nitrogens with zero attached hydrogens (tertiary/aromatic N) is 2. The smallest absolute Gasteiger partial charge is 0.273 e. The van der Waals surface area contributed by atoms with Crippen LogP contribution in [0, 0.1) is 12.8 Å². The van der Waals surface area contributed by atoms with Crippen LogP contribution in [0.1, 0.15) is 24.8 Å². The molecule has 1 aliphatic rings. The Labute approximate surface area is 100 Å². The molecule has 0 saturated heterocycles. The number of nitrogens with two attached hydrogens (primary N) is 1. The van der Waals surface area contributed by atoms with E-state index >= 15 is 0 Å². The molecule has 4 heteroatoms. The van der Waals surface area contributed by atoms with Gasteiger partial charge in [-0.05, 0) is 43.7 Å². The molecule has 1 aromatic heterocycles. The monoisotopic (exact) mass is 231 g/mol. The van der Waals surface area contributed by atoms with Crippen molar-refractivity contribution in [2.45, 2.75) is 26.2 Å². The molecule has 1 atom stereocenters. The number of anilines is 1. The van der Waals surface area contributed by atoms with Crippen molar-refractivity contribution in [3.8, 4) is 0 Å². The third kappa shape index (κ3) is 2.84. The van der Waals surface area contributed by atoms with E-state index in [-0.39, 0.29) is 5.56 Å². The first-order valence-electron chi connectivity index (χ1n) is 5.85. The molecule has 1 aromatic rings. The quantitative estimate of drug-likeness (QED) is 0.624. The van der Waals surface area contributed by atoms with Gasteiger partial charge in [-0.3, -0.25) is 4.79 Å². The zero-order valence-corrected chi connectivity index (χ0v) is 9.97. The average molecular weight is 231 g/mol. The lowest BCUT2D eigenvalue weighted by Gasteiger charge is -2.12. The van der Waals surface area contributed by atoms with Crippen molar-refractivity contribution in [3.63, 3.8) is 0 Å². The fraction of sp³-hybridized carbons (Fsp3) is 0.385. The molecule has 4 nitrogen and oxygen atoms in total. The molecular formula is C13H17N3O. The van der Waals surface area contributed by atoms with Gasteiger partial charge in [-0.25, -0.2) is 0 Å². The van der Waals surface area contributed by atoms with Gasteiger partial charge in [-0.1, -0.05) is 12.2 Å². The first-order chi connectivity index (χ1) is 8.16. The summed E-state index contributed by atoms with van der Waals surface area (Å²) >= 11 is 0. The molecule has 0 spiro atoms. The van der Waals surface area contributed by atoms with Crippen molar-refractivity contribution < 1.29 is 0 Å². The van der Waals surface area contributed by atoms with E-state index in [1.807, 2.05) is 13.1 Å². The van der Waals surface area contributed by atoms with Gasteiger partial charge >= 0.3 is 0 Å². The number of aromatic nitrogens is 1. The molecule has 0 radical (unpaired) electrons. The summed E-state index contributed by atoms with van der Waals surface area (Å²) in [6.45, 7) is 1.84. The molecule has 2 N–H and O–H groups in total. The SMILES string of the molecule is Cc1cc(N)n(/N=C\[C@@H]2CC=CCC2)c(=O)c1. The van der Waals surface area contributed by atoms with Crippen molar-refractivity contribution >= 4 is 12.0 Å². The van der Waals surface area contributed by atoms with Gasteiger partial charge in [0.15, 0.2) is 0 Å². The zero-order valence-electron chi connectivity index (χ0n) is 9.97. The summed E-state index contributed by atoms with van der Waals surface area (Å²) in [5, 5.41) is 4.19. The minimum Gasteiger partial charge on any atom is -0.384 e. The van der Waals surface area contributed by atoms with Gasteiger partial charge in [0.05, 0.1) is 0 Å². The van der Waals surface area contributed by atoms with Gasteiger partial charge in [0.1, 0.15) is 5.82 Å². The van der Waals surface area contributed by atoms with E-state index in [1.165, 1.54) is 10.7 Å². The summed E-state index contributed by atoms with van der Waals surface area (Å²) in [4.78, 5) is 11.7.